The predicted octanol–water partition coefficient (Wildman–Crippen LogP) is 5.94. The molecular weight excluding hydrogens is 431 g/mol. The largest absolute Gasteiger partial charge is 0.459 e. The third-order valence-corrected chi connectivity index (χ3v) is 6.12. The molecule has 1 aromatic heterocycles. The lowest BCUT2D eigenvalue weighted by Crippen LogP contribution is -2.23. The van der Waals surface area contributed by atoms with Crippen LogP contribution in [-0.2, 0) is 10.7 Å². The molecule has 0 N–H and O–H groups in total. The van der Waals surface area contributed by atoms with Crippen LogP contribution in [0.1, 0.15) is 43.4 Å². The van der Waals surface area contributed by atoms with E-state index < -0.39 is 0 Å². The standard InChI is InChI=1S/C17H17Br2ClO2/c18-7-4-11-8-12(20)9-13-14(21)10-15(22-16(11)13)17(19)5-2-1-3-6-17/h8-10H,1-7H2. The van der Waals surface area contributed by atoms with Crippen molar-refractivity contribution < 1.29 is 4.42 Å². The van der Waals surface area contributed by atoms with Crippen molar-refractivity contribution in [1.82, 2.24) is 0 Å². The molecule has 2 nitrogen and oxygen atoms in total. The zero-order valence-corrected chi connectivity index (χ0v) is 16.1. The lowest BCUT2D eigenvalue weighted by Gasteiger charge is -2.30. The minimum absolute atomic E-state index is 0.0148. The molecule has 0 amide bonds. The van der Waals surface area contributed by atoms with Crippen LogP contribution in [0, 0.1) is 0 Å². The van der Waals surface area contributed by atoms with E-state index in [9.17, 15) is 4.79 Å². The summed E-state index contributed by atoms with van der Waals surface area (Å²) in [7, 11) is 0. The molecule has 1 aliphatic carbocycles. The van der Waals surface area contributed by atoms with Crippen LogP contribution in [0.3, 0.4) is 0 Å². The number of hydrogen-bond acceptors (Lipinski definition) is 2. The smallest absolute Gasteiger partial charge is 0.193 e. The Hall–Kier alpha value is -0.320. The van der Waals surface area contributed by atoms with Crippen LogP contribution >= 0.6 is 43.5 Å². The summed E-state index contributed by atoms with van der Waals surface area (Å²) in [6.45, 7) is 0. The fourth-order valence-electron chi connectivity index (χ4n) is 3.16. The minimum Gasteiger partial charge on any atom is -0.459 e. The second-order valence-corrected chi connectivity index (χ2v) is 8.63. The summed E-state index contributed by atoms with van der Waals surface area (Å²) >= 11 is 13.4. The van der Waals surface area contributed by atoms with Crippen molar-refractivity contribution in [2.45, 2.75) is 42.8 Å². The van der Waals surface area contributed by atoms with E-state index in [2.05, 4.69) is 31.9 Å². The van der Waals surface area contributed by atoms with E-state index in [4.69, 9.17) is 16.0 Å². The molecule has 118 valence electrons. The van der Waals surface area contributed by atoms with Gasteiger partial charge in [-0.25, -0.2) is 0 Å². The third-order valence-electron chi connectivity index (χ3n) is 4.32. The molecule has 3 rings (SSSR count). The van der Waals surface area contributed by atoms with Crippen molar-refractivity contribution in [1.29, 1.82) is 0 Å². The quantitative estimate of drug-likeness (QED) is 0.544. The van der Waals surface area contributed by atoms with Gasteiger partial charge >= 0.3 is 0 Å². The summed E-state index contributed by atoms with van der Waals surface area (Å²) in [6.07, 6.45) is 6.34. The van der Waals surface area contributed by atoms with Crippen LogP contribution in [0.2, 0.25) is 5.02 Å². The van der Waals surface area contributed by atoms with Gasteiger partial charge in [-0.05, 0) is 37.0 Å². The average molecular weight is 449 g/mol. The highest BCUT2D eigenvalue weighted by Gasteiger charge is 2.34. The van der Waals surface area contributed by atoms with E-state index in [0.29, 0.717) is 16.0 Å². The van der Waals surface area contributed by atoms with E-state index in [-0.39, 0.29) is 9.75 Å². The highest BCUT2D eigenvalue weighted by molar-refractivity contribution is 9.09. The normalized spacial score (nSPS) is 17.8. The van der Waals surface area contributed by atoms with Crippen molar-refractivity contribution >= 4 is 54.4 Å². The second kappa shape index (κ2) is 6.66. The van der Waals surface area contributed by atoms with Crippen molar-refractivity contribution in [3.05, 3.63) is 44.8 Å². The summed E-state index contributed by atoms with van der Waals surface area (Å²) in [5, 5.41) is 1.95. The number of benzene rings is 1. The van der Waals surface area contributed by atoms with Gasteiger partial charge < -0.3 is 4.42 Å². The highest BCUT2D eigenvalue weighted by Crippen LogP contribution is 2.45. The van der Waals surface area contributed by atoms with Gasteiger partial charge in [0.2, 0.25) is 0 Å². The fraction of sp³-hybridized carbons (Fsp3) is 0.471. The summed E-state index contributed by atoms with van der Waals surface area (Å²) in [5.41, 5.74) is 1.64. The van der Waals surface area contributed by atoms with Crippen LogP contribution in [-0.4, -0.2) is 5.33 Å². The van der Waals surface area contributed by atoms with Crippen LogP contribution in [0.15, 0.2) is 27.4 Å². The number of hydrogen-bond donors (Lipinski definition) is 0. The molecule has 1 saturated carbocycles. The van der Waals surface area contributed by atoms with Gasteiger partial charge in [-0.2, -0.15) is 0 Å². The average Bonchev–Trinajstić information content (AvgIpc) is 2.49. The zero-order valence-electron chi connectivity index (χ0n) is 12.1. The first kappa shape index (κ1) is 16.5. The van der Waals surface area contributed by atoms with Gasteiger partial charge in [0.05, 0.1) is 9.71 Å². The third kappa shape index (κ3) is 3.15. The maximum absolute atomic E-state index is 12.5. The molecule has 22 heavy (non-hydrogen) atoms. The molecule has 0 bridgehead atoms. The Morgan fingerprint density at radius 3 is 2.59 bits per heavy atom. The van der Waals surface area contributed by atoms with Gasteiger partial charge in [-0.1, -0.05) is 62.7 Å². The van der Waals surface area contributed by atoms with Gasteiger partial charge in [0.25, 0.3) is 0 Å². The van der Waals surface area contributed by atoms with Gasteiger partial charge in [-0.15, -0.1) is 0 Å². The SMILES string of the molecule is O=c1cc(C2(Br)CCCCC2)oc2c(CCBr)cc(Cl)cc12. The van der Waals surface area contributed by atoms with E-state index in [0.717, 1.165) is 48.8 Å². The lowest BCUT2D eigenvalue weighted by molar-refractivity contribution is 0.354. The molecule has 1 fully saturated rings. The van der Waals surface area contributed by atoms with Crippen LogP contribution < -0.4 is 5.43 Å². The van der Waals surface area contributed by atoms with Crippen molar-refractivity contribution in [2.75, 3.05) is 5.33 Å². The molecule has 0 saturated heterocycles. The molecule has 1 aliphatic rings. The maximum Gasteiger partial charge on any atom is 0.193 e. The van der Waals surface area contributed by atoms with E-state index in [1.807, 2.05) is 6.07 Å². The van der Waals surface area contributed by atoms with E-state index in [1.54, 1.807) is 12.1 Å². The molecule has 0 spiro atoms. The Morgan fingerprint density at radius 1 is 1.18 bits per heavy atom. The first-order chi connectivity index (χ1) is 10.5. The van der Waals surface area contributed by atoms with Crippen molar-refractivity contribution in [3.63, 3.8) is 0 Å². The Bertz CT molecular complexity index is 748. The Morgan fingerprint density at radius 2 is 1.91 bits per heavy atom. The van der Waals surface area contributed by atoms with E-state index >= 15 is 0 Å². The predicted molar refractivity (Wildman–Crippen MR) is 98.7 cm³/mol. The lowest BCUT2D eigenvalue weighted by atomic mass is 9.87. The first-order valence-corrected chi connectivity index (χ1v) is 9.84. The van der Waals surface area contributed by atoms with Gasteiger partial charge in [-0.3, -0.25) is 4.79 Å². The molecule has 0 radical (unpaired) electrons. The topological polar surface area (TPSA) is 30.2 Å². The Labute approximate surface area is 151 Å². The van der Waals surface area contributed by atoms with Crippen LogP contribution in [0.5, 0.6) is 0 Å². The number of fused-ring (bicyclic) bond motifs is 1. The van der Waals surface area contributed by atoms with Gasteiger partial charge in [0, 0.05) is 16.4 Å². The minimum atomic E-state index is -0.204. The van der Waals surface area contributed by atoms with Crippen molar-refractivity contribution in [3.8, 4) is 0 Å². The molecule has 0 aliphatic heterocycles. The number of rotatable bonds is 3. The van der Waals surface area contributed by atoms with Crippen LogP contribution in [0.25, 0.3) is 11.0 Å². The number of alkyl halides is 2. The molecule has 2 aromatic rings. The molecule has 5 heteroatoms. The molecule has 1 aromatic carbocycles. The van der Waals surface area contributed by atoms with E-state index in [1.165, 1.54) is 6.42 Å². The summed E-state index contributed by atoms with van der Waals surface area (Å²) < 4.78 is 5.99. The summed E-state index contributed by atoms with van der Waals surface area (Å²) in [5.74, 6) is 0.753. The zero-order chi connectivity index (χ0) is 15.7. The Balaban J connectivity index is 2.20. The van der Waals surface area contributed by atoms with Crippen molar-refractivity contribution in [2.24, 2.45) is 0 Å². The number of halogens is 3. The van der Waals surface area contributed by atoms with Crippen LogP contribution in [0.4, 0.5) is 0 Å². The molecular formula is C17H17Br2ClO2. The first-order valence-electron chi connectivity index (χ1n) is 7.55. The van der Waals surface area contributed by atoms with Gasteiger partial charge in [0.15, 0.2) is 5.43 Å². The summed E-state index contributed by atoms with van der Waals surface area (Å²) in [4.78, 5) is 12.5. The maximum atomic E-state index is 12.5. The van der Waals surface area contributed by atoms with Gasteiger partial charge in [0.1, 0.15) is 11.3 Å². The number of aryl methyl sites for hydroxylation is 1. The highest BCUT2D eigenvalue weighted by atomic mass is 79.9. The monoisotopic (exact) mass is 446 g/mol. The Kier molecular flexibility index (Phi) is 5.01. The second-order valence-electron chi connectivity index (χ2n) is 5.88. The fourth-order valence-corrected chi connectivity index (χ4v) is 4.58. The molecule has 1 heterocycles. The summed E-state index contributed by atoms with van der Waals surface area (Å²) in [6, 6.07) is 5.22. The molecule has 0 atom stereocenters. The molecule has 0 unspecified atom stereocenters.